The number of hydrogen-bond donors (Lipinski definition) is 2. The van der Waals surface area contributed by atoms with Crippen molar-refractivity contribution >= 4 is 11.3 Å². The van der Waals surface area contributed by atoms with E-state index in [1.807, 2.05) is 0 Å². The predicted octanol–water partition coefficient (Wildman–Crippen LogP) is 5.69. The van der Waals surface area contributed by atoms with E-state index in [1.165, 1.54) is 39.9 Å². The minimum absolute atomic E-state index is 0.103. The maximum Gasteiger partial charge on any atom is 0.0994 e. The maximum absolute atomic E-state index is 10.1. The molecule has 158 valence electrons. The van der Waals surface area contributed by atoms with E-state index in [-0.39, 0.29) is 6.10 Å². The van der Waals surface area contributed by atoms with Gasteiger partial charge in [0.15, 0.2) is 0 Å². The topological polar surface area (TPSA) is 56.0 Å². The summed E-state index contributed by atoms with van der Waals surface area (Å²) in [6.45, 7) is 3.08. The van der Waals surface area contributed by atoms with Crippen LogP contribution in [-0.2, 0) is 6.42 Å². The normalized spacial score (nSPS) is 30.7. The van der Waals surface area contributed by atoms with Crippen molar-refractivity contribution in [3.8, 4) is 6.07 Å². The first kappa shape index (κ1) is 19.1. The Labute approximate surface area is 184 Å². The molecule has 0 radical (unpaired) electrons. The molecule has 2 aromatic carbocycles. The molecule has 0 amide bonds. The van der Waals surface area contributed by atoms with E-state index >= 15 is 0 Å². The third-order valence-corrected chi connectivity index (χ3v) is 8.65. The van der Waals surface area contributed by atoms with E-state index in [1.54, 1.807) is 0 Å². The minimum atomic E-state index is -0.103. The van der Waals surface area contributed by atoms with Gasteiger partial charge in [0.25, 0.3) is 0 Å². The molecule has 2 aromatic rings. The molecule has 3 nitrogen and oxygen atoms in total. The zero-order valence-electron chi connectivity index (χ0n) is 18.2. The van der Waals surface area contributed by atoms with E-state index in [2.05, 4.69) is 54.7 Å². The zero-order chi connectivity index (χ0) is 21.2. The molecule has 1 aliphatic heterocycles. The first-order valence-corrected chi connectivity index (χ1v) is 11.9. The largest absolute Gasteiger partial charge is 0.393 e. The van der Waals surface area contributed by atoms with Crippen LogP contribution < -0.4 is 5.32 Å². The fourth-order valence-corrected chi connectivity index (χ4v) is 6.86. The highest BCUT2D eigenvalue weighted by atomic mass is 16.3. The Morgan fingerprint density at radius 1 is 1.13 bits per heavy atom. The first-order chi connectivity index (χ1) is 15.1. The SMILES string of the molecule is Cc1cc2c(cc1C#N)C(c1cccc3c1CCN3)=CCC1(C3CCC(O)CC3)CC21. The van der Waals surface area contributed by atoms with Crippen molar-refractivity contribution in [2.45, 2.75) is 63.9 Å². The molecule has 2 fully saturated rings. The highest BCUT2D eigenvalue weighted by Gasteiger charge is 2.59. The van der Waals surface area contributed by atoms with Crippen LogP contribution >= 0.6 is 0 Å². The molecule has 0 saturated heterocycles. The lowest BCUT2D eigenvalue weighted by Crippen LogP contribution is -2.26. The fourth-order valence-electron chi connectivity index (χ4n) is 6.86. The molecular formula is C28H30N2O. The monoisotopic (exact) mass is 410 g/mol. The summed E-state index contributed by atoms with van der Waals surface area (Å²) in [5.74, 6) is 1.28. The second-order valence-corrected chi connectivity index (χ2v) is 10.2. The van der Waals surface area contributed by atoms with Gasteiger partial charge in [-0.15, -0.1) is 0 Å². The lowest BCUT2D eigenvalue weighted by molar-refractivity contribution is 0.0844. The molecule has 2 saturated carbocycles. The van der Waals surface area contributed by atoms with Crippen molar-refractivity contribution in [3.63, 3.8) is 0 Å². The van der Waals surface area contributed by atoms with Gasteiger partial charge in [-0.25, -0.2) is 0 Å². The van der Waals surface area contributed by atoms with Gasteiger partial charge in [-0.2, -0.15) is 5.26 Å². The first-order valence-electron chi connectivity index (χ1n) is 11.9. The number of benzene rings is 2. The van der Waals surface area contributed by atoms with Crippen LogP contribution in [0.3, 0.4) is 0 Å². The number of nitriles is 1. The molecule has 6 rings (SSSR count). The number of nitrogens with zero attached hydrogens (tertiary/aromatic N) is 1. The molecule has 31 heavy (non-hydrogen) atoms. The Hall–Kier alpha value is -2.57. The van der Waals surface area contributed by atoms with Gasteiger partial charge in [0.05, 0.1) is 17.7 Å². The van der Waals surface area contributed by atoms with E-state index in [4.69, 9.17) is 0 Å². The van der Waals surface area contributed by atoms with Gasteiger partial charge in [-0.1, -0.05) is 24.3 Å². The van der Waals surface area contributed by atoms with Crippen LogP contribution in [0.2, 0.25) is 0 Å². The van der Waals surface area contributed by atoms with E-state index < -0.39 is 0 Å². The molecule has 3 heteroatoms. The van der Waals surface area contributed by atoms with Crippen LogP contribution in [0.25, 0.3) is 5.57 Å². The maximum atomic E-state index is 10.1. The molecule has 2 N–H and O–H groups in total. The highest BCUT2D eigenvalue weighted by molar-refractivity contribution is 5.87. The summed E-state index contributed by atoms with van der Waals surface area (Å²) >= 11 is 0. The summed E-state index contributed by atoms with van der Waals surface area (Å²) in [5.41, 5.74) is 10.3. The Kier molecular flexibility index (Phi) is 4.30. The van der Waals surface area contributed by atoms with Gasteiger partial charge in [0, 0.05) is 12.2 Å². The molecule has 2 atom stereocenters. The lowest BCUT2D eigenvalue weighted by Gasteiger charge is -2.33. The number of aliphatic hydroxyl groups is 1. The van der Waals surface area contributed by atoms with Crippen LogP contribution in [0, 0.1) is 29.6 Å². The smallest absolute Gasteiger partial charge is 0.0994 e. The second kappa shape index (κ2) is 6.97. The quantitative estimate of drug-likeness (QED) is 0.668. The molecule has 0 aromatic heterocycles. The predicted molar refractivity (Wildman–Crippen MR) is 124 cm³/mol. The number of aryl methyl sites for hydroxylation is 1. The van der Waals surface area contributed by atoms with Gasteiger partial charge in [0.1, 0.15) is 0 Å². The average Bonchev–Trinajstić information content (AvgIpc) is 3.34. The summed E-state index contributed by atoms with van der Waals surface area (Å²) in [6.07, 6.45) is 10.0. The fraction of sp³-hybridized carbons (Fsp3) is 0.464. The second-order valence-electron chi connectivity index (χ2n) is 10.2. The van der Waals surface area contributed by atoms with Gasteiger partial charge in [0.2, 0.25) is 0 Å². The van der Waals surface area contributed by atoms with Crippen molar-refractivity contribution in [3.05, 3.63) is 69.8 Å². The van der Waals surface area contributed by atoms with Gasteiger partial charge in [-0.05, 0) is 115 Å². The summed E-state index contributed by atoms with van der Waals surface area (Å²) in [4.78, 5) is 0. The molecule has 0 spiro atoms. The molecule has 2 unspecified atom stereocenters. The van der Waals surface area contributed by atoms with Crippen molar-refractivity contribution in [2.75, 3.05) is 11.9 Å². The molecule has 4 aliphatic rings. The minimum Gasteiger partial charge on any atom is -0.393 e. The van der Waals surface area contributed by atoms with Crippen LogP contribution in [-0.4, -0.2) is 17.8 Å². The Morgan fingerprint density at radius 2 is 1.97 bits per heavy atom. The standard InChI is InChI=1S/C28H30N2O/c1-17-13-25-24(14-18(17)16-29)22(21-3-2-4-27-23(21)10-12-30-27)9-11-28(15-26(25)28)19-5-7-20(31)8-6-19/h2-4,9,13-14,19-20,26,30-31H,5-8,10-12,15H2,1H3. The number of nitrogens with one attached hydrogen (secondary N) is 1. The summed E-state index contributed by atoms with van der Waals surface area (Å²) in [5, 5.41) is 23.3. The summed E-state index contributed by atoms with van der Waals surface area (Å²) < 4.78 is 0. The van der Waals surface area contributed by atoms with Crippen LogP contribution in [0.4, 0.5) is 5.69 Å². The van der Waals surface area contributed by atoms with Crippen LogP contribution in [0.5, 0.6) is 0 Å². The number of anilines is 1. The molecule has 0 bridgehead atoms. The molecule has 1 heterocycles. The highest BCUT2D eigenvalue weighted by Crippen LogP contribution is 2.70. The van der Waals surface area contributed by atoms with Crippen molar-refractivity contribution in [2.24, 2.45) is 11.3 Å². The number of hydrogen-bond acceptors (Lipinski definition) is 3. The van der Waals surface area contributed by atoms with Gasteiger partial charge >= 0.3 is 0 Å². The number of fused-ring (bicyclic) bond motifs is 4. The number of rotatable bonds is 2. The number of aliphatic hydroxyl groups excluding tert-OH is 1. The lowest BCUT2D eigenvalue weighted by atomic mass is 9.73. The van der Waals surface area contributed by atoms with E-state index in [0.29, 0.717) is 17.3 Å². The van der Waals surface area contributed by atoms with Crippen molar-refractivity contribution < 1.29 is 5.11 Å². The van der Waals surface area contributed by atoms with E-state index in [9.17, 15) is 10.4 Å². The molecule has 3 aliphatic carbocycles. The molecular weight excluding hydrogens is 380 g/mol. The zero-order valence-corrected chi connectivity index (χ0v) is 18.2. The van der Waals surface area contributed by atoms with Crippen molar-refractivity contribution in [1.29, 1.82) is 5.26 Å². The van der Waals surface area contributed by atoms with E-state index in [0.717, 1.165) is 56.2 Å². The van der Waals surface area contributed by atoms with Gasteiger partial charge in [-0.3, -0.25) is 0 Å². The Bertz CT molecular complexity index is 1130. The summed E-state index contributed by atoms with van der Waals surface area (Å²) in [6, 6.07) is 13.5. The van der Waals surface area contributed by atoms with Gasteiger partial charge < -0.3 is 10.4 Å². The third-order valence-electron chi connectivity index (χ3n) is 8.65. The Morgan fingerprint density at radius 3 is 2.77 bits per heavy atom. The number of allylic oxidation sites excluding steroid dienone is 1. The Balaban J connectivity index is 1.50. The van der Waals surface area contributed by atoms with Crippen LogP contribution in [0.15, 0.2) is 36.4 Å². The van der Waals surface area contributed by atoms with Crippen LogP contribution in [0.1, 0.15) is 77.8 Å². The third kappa shape index (κ3) is 2.88. The average molecular weight is 411 g/mol. The van der Waals surface area contributed by atoms with Crippen molar-refractivity contribution in [1.82, 2.24) is 0 Å². The summed E-state index contributed by atoms with van der Waals surface area (Å²) in [7, 11) is 0.